The highest BCUT2D eigenvalue weighted by atomic mass is 16.2. The number of rotatable bonds is 5. The van der Waals surface area contributed by atoms with Gasteiger partial charge in [-0.1, -0.05) is 38.1 Å². The van der Waals surface area contributed by atoms with Gasteiger partial charge in [0.2, 0.25) is 11.8 Å². The van der Waals surface area contributed by atoms with E-state index in [1.807, 2.05) is 51.4 Å². The maximum Gasteiger partial charge on any atom is 0.232 e. The molecular formula is C23H25N5O2. The van der Waals surface area contributed by atoms with Crippen molar-refractivity contribution >= 4 is 23.3 Å². The fourth-order valence-electron chi connectivity index (χ4n) is 3.67. The van der Waals surface area contributed by atoms with E-state index in [9.17, 15) is 9.59 Å². The fourth-order valence-corrected chi connectivity index (χ4v) is 3.67. The lowest BCUT2D eigenvalue weighted by atomic mass is 9.92. The molecule has 7 nitrogen and oxygen atoms in total. The predicted molar refractivity (Wildman–Crippen MR) is 116 cm³/mol. The molecule has 154 valence electrons. The van der Waals surface area contributed by atoms with Crippen molar-refractivity contribution in [2.45, 2.75) is 26.7 Å². The second-order valence-electron chi connectivity index (χ2n) is 8.32. The summed E-state index contributed by atoms with van der Waals surface area (Å²) in [6, 6.07) is 11.4. The smallest absolute Gasteiger partial charge is 0.232 e. The van der Waals surface area contributed by atoms with Crippen LogP contribution in [0.2, 0.25) is 0 Å². The van der Waals surface area contributed by atoms with Crippen LogP contribution in [0.25, 0.3) is 11.1 Å². The number of hydrogen-bond acceptors (Lipinski definition) is 4. The van der Waals surface area contributed by atoms with Crippen molar-refractivity contribution in [2.75, 3.05) is 16.8 Å². The molecule has 0 spiro atoms. The Morgan fingerprint density at radius 3 is 2.73 bits per heavy atom. The second kappa shape index (κ2) is 7.74. The maximum absolute atomic E-state index is 12.6. The Morgan fingerprint density at radius 2 is 2.03 bits per heavy atom. The molecule has 4 rings (SSSR count). The van der Waals surface area contributed by atoms with Gasteiger partial charge in [0.1, 0.15) is 5.82 Å². The predicted octanol–water partition coefficient (Wildman–Crippen LogP) is 3.43. The first kappa shape index (κ1) is 19.8. The maximum atomic E-state index is 12.6. The van der Waals surface area contributed by atoms with E-state index >= 15 is 0 Å². The van der Waals surface area contributed by atoms with Gasteiger partial charge in [-0.3, -0.25) is 14.3 Å². The number of benzene rings is 1. The van der Waals surface area contributed by atoms with Crippen LogP contribution in [-0.2, 0) is 23.1 Å². The standard InChI is InChI=1S/C23H25N5O2/c1-23(2)8-10-28(22(23)30)19-7-9-24-20(13-19)26-21(29)12-16-5-4-6-17(11-16)18-14-25-27(3)15-18/h4-7,9,11,13-15H,8,10,12H2,1-3H3,(H,24,26,29). The summed E-state index contributed by atoms with van der Waals surface area (Å²) in [4.78, 5) is 31.1. The Morgan fingerprint density at radius 1 is 1.20 bits per heavy atom. The number of aryl methyl sites for hydroxylation is 1. The Hall–Kier alpha value is -3.48. The first-order chi connectivity index (χ1) is 14.3. The average molecular weight is 403 g/mol. The molecule has 1 saturated heterocycles. The van der Waals surface area contributed by atoms with Crippen molar-refractivity contribution in [3.63, 3.8) is 0 Å². The van der Waals surface area contributed by atoms with Gasteiger partial charge in [-0.25, -0.2) is 4.98 Å². The average Bonchev–Trinajstić information content (AvgIpc) is 3.25. The molecule has 1 N–H and O–H groups in total. The minimum absolute atomic E-state index is 0.0955. The third-order valence-corrected chi connectivity index (χ3v) is 5.44. The zero-order valence-electron chi connectivity index (χ0n) is 17.4. The Labute approximate surface area is 175 Å². The molecule has 1 aliphatic rings. The van der Waals surface area contributed by atoms with Gasteiger partial charge in [0, 0.05) is 48.7 Å². The summed E-state index contributed by atoms with van der Waals surface area (Å²) < 4.78 is 1.75. The molecule has 3 heterocycles. The highest BCUT2D eigenvalue weighted by molar-refractivity contribution is 6.00. The quantitative estimate of drug-likeness (QED) is 0.708. The van der Waals surface area contributed by atoms with E-state index in [-0.39, 0.29) is 23.7 Å². The van der Waals surface area contributed by atoms with Gasteiger partial charge in [0.25, 0.3) is 0 Å². The number of anilines is 2. The molecule has 1 aliphatic heterocycles. The summed E-state index contributed by atoms with van der Waals surface area (Å²) in [5.74, 6) is 0.382. The Bertz CT molecular complexity index is 1100. The second-order valence-corrected chi connectivity index (χ2v) is 8.32. The molecule has 0 radical (unpaired) electrons. The zero-order valence-corrected chi connectivity index (χ0v) is 17.4. The number of carbonyl (C=O) groups excluding carboxylic acids is 2. The van der Waals surface area contributed by atoms with E-state index in [1.165, 1.54) is 0 Å². The lowest BCUT2D eigenvalue weighted by Gasteiger charge is -2.20. The number of nitrogens with one attached hydrogen (secondary N) is 1. The normalized spacial score (nSPS) is 15.4. The summed E-state index contributed by atoms with van der Waals surface area (Å²) in [5, 5.41) is 7.04. The van der Waals surface area contributed by atoms with Crippen LogP contribution in [0, 0.1) is 5.41 Å². The summed E-state index contributed by atoms with van der Waals surface area (Å²) in [5.41, 5.74) is 3.33. The SMILES string of the molecule is Cn1cc(-c2cccc(CC(=O)Nc3cc(N4CCC(C)(C)C4=O)ccn3)c2)cn1. The van der Waals surface area contributed by atoms with E-state index in [4.69, 9.17) is 0 Å². The summed E-state index contributed by atoms with van der Waals surface area (Å²) in [6.07, 6.45) is 6.40. The van der Waals surface area contributed by atoms with E-state index < -0.39 is 0 Å². The number of pyridine rings is 1. The van der Waals surface area contributed by atoms with Crippen LogP contribution in [0.1, 0.15) is 25.8 Å². The van der Waals surface area contributed by atoms with E-state index in [2.05, 4.69) is 15.4 Å². The van der Waals surface area contributed by atoms with Gasteiger partial charge in [0.15, 0.2) is 0 Å². The summed E-state index contributed by atoms with van der Waals surface area (Å²) in [6.45, 7) is 4.59. The molecule has 1 aromatic carbocycles. The third kappa shape index (κ3) is 4.10. The Balaban J connectivity index is 1.44. The fraction of sp³-hybridized carbons (Fsp3) is 0.304. The molecule has 3 aromatic rings. The third-order valence-electron chi connectivity index (χ3n) is 5.44. The molecule has 30 heavy (non-hydrogen) atoms. The van der Waals surface area contributed by atoms with Crippen molar-refractivity contribution in [3.05, 3.63) is 60.6 Å². The van der Waals surface area contributed by atoms with E-state index in [0.717, 1.165) is 28.8 Å². The minimum Gasteiger partial charge on any atom is -0.312 e. The van der Waals surface area contributed by atoms with Gasteiger partial charge in [-0.15, -0.1) is 0 Å². The van der Waals surface area contributed by atoms with Crippen LogP contribution in [0.3, 0.4) is 0 Å². The Kier molecular flexibility index (Phi) is 5.11. The first-order valence-electron chi connectivity index (χ1n) is 9.98. The summed E-state index contributed by atoms with van der Waals surface area (Å²) >= 11 is 0. The molecule has 0 aliphatic carbocycles. The monoisotopic (exact) mass is 403 g/mol. The van der Waals surface area contributed by atoms with Crippen LogP contribution < -0.4 is 10.2 Å². The topological polar surface area (TPSA) is 80.1 Å². The number of nitrogens with zero attached hydrogens (tertiary/aromatic N) is 4. The number of aromatic nitrogens is 3. The molecule has 2 amide bonds. The molecule has 2 aromatic heterocycles. The lowest BCUT2D eigenvalue weighted by Crippen LogP contribution is -2.30. The minimum atomic E-state index is -0.355. The molecule has 0 atom stereocenters. The van der Waals surface area contributed by atoms with Gasteiger partial charge in [-0.05, 0) is 23.6 Å². The van der Waals surface area contributed by atoms with Gasteiger partial charge < -0.3 is 10.2 Å². The van der Waals surface area contributed by atoms with Crippen LogP contribution in [0.5, 0.6) is 0 Å². The van der Waals surface area contributed by atoms with E-state index in [0.29, 0.717) is 12.4 Å². The first-order valence-corrected chi connectivity index (χ1v) is 9.98. The van der Waals surface area contributed by atoms with Crippen molar-refractivity contribution < 1.29 is 9.59 Å². The van der Waals surface area contributed by atoms with Crippen LogP contribution in [-0.4, -0.2) is 33.1 Å². The van der Waals surface area contributed by atoms with Gasteiger partial charge >= 0.3 is 0 Å². The van der Waals surface area contributed by atoms with Crippen molar-refractivity contribution in [1.29, 1.82) is 0 Å². The number of amides is 2. The molecular weight excluding hydrogens is 378 g/mol. The van der Waals surface area contributed by atoms with Crippen LogP contribution >= 0.6 is 0 Å². The molecule has 0 unspecified atom stereocenters. The van der Waals surface area contributed by atoms with Gasteiger partial charge in [-0.2, -0.15) is 5.10 Å². The molecule has 7 heteroatoms. The van der Waals surface area contributed by atoms with Crippen LogP contribution in [0.15, 0.2) is 55.0 Å². The molecule has 1 fully saturated rings. The van der Waals surface area contributed by atoms with Crippen molar-refractivity contribution in [1.82, 2.24) is 14.8 Å². The highest BCUT2D eigenvalue weighted by Gasteiger charge is 2.39. The zero-order chi connectivity index (χ0) is 21.3. The number of carbonyl (C=O) groups is 2. The van der Waals surface area contributed by atoms with Crippen molar-refractivity contribution in [3.8, 4) is 11.1 Å². The highest BCUT2D eigenvalue weighted by Crippen LogP contribution is 2.34. The van der Waals surface area contributed by atoms with Crippen molar-refractivity contribution in [2.24, 2.45) is 12.5 Å². The lowest BCUT2D eigenvalue weighted by molar-refractivity contribution is -0.124. The molecule has 0 saturated carbocycles. The summed E-state index contributed by atoms with van der Waals surface area (Å²) in [7, 11) is 1.87. The number of hydrogen-bond donors (Lipinski definition) is 1. The van der Waals surface area contributed by atoms with E-state index in [1.54, 1.807) is 34.1 Å². The van der Waals surface area contributed by atoms with Gasteiger partial charge in [0.05, 0.1) is 12.6 Å². The van der Waals surface area contributed by atoms with Crippen LogP contribution in [0.4, 0.5) is 11.5 Å². The largest absolute Gasteiger partial charge is 0.312 e. The molecule has 0 bridgehead atoms.